The van der Waals surface area contributed by atoms with Gasteiger partial charge in [0.05, 0.1) is 12.2 Å². The third kappa shape index (κ3) is 3.23. The Labute approximate surface area is 96.9 Å². The van der Waals surface area contributed by atoms with E-state index in [1.165, 1.54) is 0 Å². The lowest BCUT2D eigenvalue weighted by atomic mass is 10.1. The number of benzene rings is 1. The smallest absolute Gasteiger partial charge is 0.338 e. The molecule has 0 saturated heterocycles. The van der Waals surface area contributed by atoms with E-state index in [2.05, 4.69) is 20.4 Å². The Balaban J connectivity index is 2.69. The quantitative estimate of drug-likeness (QED) is 0.707. The molecule has 0 bridgehead atoms. The third-order valence-corrected chi connectivity index (χ3v) is 2.60. The molecule has 0 saturated carbocycles. The van der Waals surface area contributed by atoms with Crippen LogP contribution in [0.3, 0.4) is 0 Å². The molecule has 1 aromatic rings. The molecule has 2 heteroatoms. The number of hydrogen-bond donors (Lipinski definition) is 0. The van der Waals surface area contributed by atoms with Gasteiger partial charge < -0.3 is 4.74 Å². The summed E-state index contributed by atoms with van der Waals surface area (Å²) < 4.78 is 5.24. The average molecular weight is 218 g/mol. The van der Waals surface area contributed by atoms with Gasteiger partial charge in [-0.1, -0.05) is 51.1 Å². The summed E-state index contributed by atoms with van der Waals surface area (Å²) in [5.74, 6) is 0.135. The molecule has 1 unspecified atom stereocenters. The molecule has 0 aromatic heterocycles. The van der Waals surface area contributed by atoms with Gasteiger partial charge in [0, 0.05) is 0 Å². The van der Waals surface area contributed by atoms with Crippen LogP contribution in [0.2, 0.25) is 0 Å². The molecule has 2 nitrogen and oxygen atoms in total. The van der Waals surface area contributed by atoms with Crippen LogP contribution in [0.15, 0.2) is 30.8 Å². The van der Waals surface area contributed by atoms with E-state index in [4.69, 9.17) is 4.74 Å². The summed E-state index contributed by atoms with van der Waals surface area (Å²) in [7, 11) is 0. The van der Waals surface area contributed by atoms with E-state index in [1.54, 1.807) is 12.1 Å². The van der Waals surface area contributed by atoms with Crippen LogP contribution in [-0.4, -0.2) is 12.6 Å². The molecule has 1 aromatic carbocycles. The normalized spacial score (nSPS) is 11.9. The van der Waals surface area contributed by atoms with Crippen LogP contribution in [0.1, 0.15) is 36.2 Å². The maximum absolute atomic E-state index is 11.8. The standard InChI is InChI=1S/C14H18O2/c1-4-11(3)10-16-14(15)13-9-7-6-8-12(13)5-2/h5-9,11H,2,4,10H2,1,3H3. The largest absolute Gasteiger partial charge is 0.462 e. The molecule has 0 heterocycles. The predicted molar refractivity (Wildman–Crippen MR) is 66.3 cm³/mol. The highest BCUT2D eigenvalue weighted by Crippen LogP contribution is 2.12. The van der Waals surface area contributed by atoms with Gasteiger partial charge in [0.2, 0.25) is 0 Å². The number of esters is 1. The Kier molecular flexibility index (Phi) is 4.77. The number of carbonyl (C=O) groups is 1. The van der Waals surface area contributed by atoms with Gasteiger partial charge in [-0.25, -0.2) is 4.79 Å². The van der Waals surface area contributed by atoms with Gasteiger partial charge in [0.25, 0.3) is 0 Å². The zero-order valence-electron chi connectivity index (χ0n) is 9.90. The minimum atomic E-state index is -0.268. The van der Waals surface area contributed by atoms with E-state index in [0.29, 0.717) is 18.1 Å². The molecule has 86 valence electrons. The predicted octanol–water partition coefficient (Wildman–Crippen LogP) is 3.53. The molecule has 0 amide bonds. The number of rotatable bonds is 5. The van der Waals surface area contributed by atoms with E-state index in [-0.39, 0.29) is 5.97 Å². The van der Waals surface area contributed by atoms with Gasteiger partial charge in [-0.3, -0.25) is 0 Å². The minimum absolute atomic E-state index is 0.268. The zero-order valence-corrected chi connectivity index (χ0v) is 9.90. The van der Waals surface area contributed by atoms with Crippen LogP contribution in [0, 0.1) is 5.92 Å². The number of hydrogen-bond acceptors (Lipinski definition) is 2. The molecule has 1 rings (SSSR count). The summed E-state index contributed by atoms with van der Waals surface area (Å²) in [6.45, 7) is 8.29. The first-order valence-electron chi connectivity index (χ1n) is 5.57. The van der Waals surface area contributed by atoms with Gasteiger partial charge in [0.1, 0.15) is 0 Å². The SMILES string of the molecule is C=Cc1ccccc1C(=O)OCC(C)CC. The van der Waals surface area contributed by atoms with Crippen LogP contribution in [0.25, 0.3) is 6.08 Å². The topological polar surface area (TPSA) is 26.3 Å². The maximum atomic E-state index is 11.8. The van der Waals surface area contributed by atoms with Gasteiger partial charge in [0.15, 0.2) is 0 Å². The van der Waals surface area contributed by atoms with E-state index in [9.17, 15) is 4.79 Å². The second-order valence-electron chi connectivity index (χ2n) is 3.90. The van der Waals surface area contributed by atoms with Crippen molar-refractivity contribution >= 4 is 12.0 Å². The van der Waals surface area contributed by atoms with Crippen molar-refractivity contribution in [2.24, 2.45) is 5.92 Å². The van der Waals surface area contributed by atoms with Crippen LogP contribution in [0.4, 0.5) is 0 Å². The van der Waals surface area contributed by atoms with Crippen molar-refractivity contribution in [1.82, 2.24) is 0 Å². The van der Waals surface area contributed by atoms with Crippen molar-refractivity contribution in [2.75, 3.05) is 6.61 Å². The average Bonchev–Trinajstić information content (AvgIpc) is 2.35. The van der Waals surface area contributed by atoms with Crippen molar-refractivity contribution in [3.8, 4) is 0 Å². The molecule has 16 heavy (non-hydrogen) atoms. The summed E-state index contributed by atoms with van der Waals surface area (Å²) in [6, 6.07) is 7.32. The fraction of sp³-hybridized carbons (Fsp3) is 0.357. The molecular formula is C14H18O2. The van der Waals surface area contributed by atoms with E-state index >= 15 is 0 Å². The molecular weight excluding hydrogens is 200 g/mol. The molecule has 0 fully saturated rings. The highest BCUT2D eigenvalue weighted by Gasteiger charge is 2.11. The first-order chi connectivity index (χ1) is 7.69. The summed E-state index contributed by atoms with van der Waals surface area (Å²) >= 11 is 0. The number of carbonyl (C=O) groups excluding carboxylic acids is 1. The molecule has 0 aliphatic heterocycles. The van der Waals surface area contributed by atoms with Crippen molar-refractivity contribution in [3.63, 3.8) is 0 Å². The fourth-order valence-corrected chi connectivity index (χ4v) is 1.27. The van der Waals surface area contributed by atoms with E-state index < -0.39 is 0 Å². The molecule has 0 N–H and O–H groups in total. The highest BCUT2D eigenvalue weighted by atomic mass is 16.5. The van der Waals surface area contributed by atoms with E-state index in [1.807, 2.05) is 18.2 Å². The van der Waals surface area contributed by atoms with Crippen LogP contribution >= 0.6 is 0 Å². The summed E-state index contributed by atoms with van der Waals surface area (Å²) in [4.78, 5) is 11.8. The van der Waals surface area contributed by atoms with E-state index in [0.717, 1.165) is 12.0 Å². The Morgan fingerprint density at radius 1 is 1.50 bits per heavy atom. The molecule has 0 aliphatic rings. The monoisotopic (exact) mass is 218 g/mol. The first-order valence-corrected chi connectivity index (χ1v) is 5.57. The van der Waals surface area contributed by atoms with Crippen molar-refractivity contribution < 1.29 is 9.53 Å². The minimum Gasteiger partial charge on any atom is -0.462 e. The second-order valence-corrected chi connectivity index (χ2v) is 3.90. The molecule has 1 atom stereocenters. The lowest BCUT2D eigenvalue weighted by Crippen LogP contribution is -2.12. The molecule has 0 aliphatic carbocycles. The van der Waals surface area contributed by atoms with Gasteiger partial charge in [-0.15, -0.1) is 0 Å². The molecule has 0 spiro atoms. The summed E-state index contributed by atoms with van der Waals surface area (Å²) in [6.07, 6.45) is 2.68. The summed E-state index contributed by atoms with van der Waals surface area (Å²) in [5, 5.41) is 0. The molecule has 0 radical (unpaired) electrons. The van der Waals surface area contributed by atoms with Gasteiger partial charge >= 0.3 is 5.97 Å². The van der Waals surface area contributed by atoms with Crippen LogP contribution in [-0.2, 0) is 4.74 Å². The fourth-order valence-electron chi connectivity index (χ4n) is 1.27. The van der Waals surface area contributed by atoms with Crippen LogP contribution < -0.4 is 0 Å². The lowest BCUT2D eigenvalue weighted by Gasteiger charge is -2.10. The maximum Gasteiger partial charge on any atom is 0.338 e. The van der Waals surface area contributed by atoms with Gasteiger partial charge in [-0.2, -0.15) is 0 Å². The number of ether oxygens (including phenoxy) is 1. The zero-order chi connectivity index (χ0) is 12.0. The highest BCUT2D eigenvalue weighted by molar-refractivity contribution is 5.93. The summed E-state index contributed by atoms with van der Waals surface area (Å²) in [5.41, 5.74) is 1.40. The second kappa shape index (κ2) is 6.11. The van der Waals surface area contributed by atoms with Crippen molar-refractivity contribution in [1.29, 1.82) is 0 Å². The van der Waals surface area contributed by atoms with Crippen molar-refractivity contribution in [2.45, 2.75) is 20.3 Å². The first kappa shape index (κ1) is 12.5. The third-order valence-electron chi connectivity index (χ3n) is 2.60. The van der Waals surface area contributed by atoms with Gasteiger partial charge in [-0.05, 0) is 17.5 Å². The Bertz CT molecular complexity index is 369. The Morgan fingerprint density at radius 3 is 2.81 bits per heavy atom. The van der Waals surface area contributed by atoms with Crippen molar-refractivity contribution in [3.05, 3.63) is 42.0 Å². The lowest BCUT2D eigenvalue weighted by molar-refractivity contribution is 0.0447. The Hall–Kier alpha value is -1.57. The Morgan fingerprint density at radius 2 is 2.19 bits per heavy atom. The van der Waals surface area contributed by atoms with Crippen LogP contribution in [0.5, 0.6) is 0 Å².